The van der Waals surface area contributed by atoms with Crippen molar-refractivity contribution in [3.63, 3.8) is 0 Å². The van der Waals surface area contributed by atoms with Crippen LogP contribution in [0.3, 0.4) is 0 Å². The maximum atomic E-state index is 5.71. The number of likely N-dealkylation sites (N-methyl/N-ethyl adjacent to an activating group) is 1. The summed E-state index contributed by atoms with van der Waals surface area (Å²) in [5.74, 6) is 0. The van der Waals surface area contributed by atoms with Crippen molar-refractivity contribution in [2.45, 2.75) is 45.2 Å². The van der Waals surface area contributed by atoms with E-state index in [4.69, 9.17) is 5.73 Å². The summed E-state index contributed by atoms with van der Waals surface area (Å²) in [5.41, 5.74) is 5.71. The van der Waals surface area contributed by atoms with Gasteiger partial charge in [0.15, 0.2) is 0 Å². The molecule has 2 unspecified atom stereocenters. The van der Waals surface area contributed by atoms with Crippen molar-refractivity contribution in [1.29, 1.82) is 0 Å². The molecule has 0 aromatic carbocycles. The van der Waals surface area contributed by atoms with Crippen LogP contribution in [-0.2, 0) is 0 Å². The molecule has 0 aromatic heterocycles. The number of hydrogen-bond acceptors (Lipinski definition) is 3. The van der Waals surface area contributed by atoms with Crippen LogP contribution in [0.5, 0.6) is 0 Å². The van der Waals surface area contributed by atoms with Gasteiger partial charge in [-0.3, -0.25) is 4.90 Å². The maximum absolute atomic E-state index is 5.71. The van der Waals surface area contributed by atoms with Crippen LogP contribution in [0.15, 0.2) is 0 Å². The SMILES string of the molecule is CCCN1C(C)CCN(C)CC1CCN. The van der Waals surface area contributed by atoms with Crippen LogP contribution in [0.1, 0.15) is 33.1 Å². The molecule has 2 atom stereocenters. The minimum atomic E-state index is 0.664. The van der Waals surface area contributed by atoms with Gasteiger partial charge in [0.1, 0.15) is 0 Å². The average Bonchev–Trinajstić information content (AvgIpc) is 2.33. The van der Waals surface area contributed by atoms with Gasteiger partial charge in [-0.2, -0.15) is 0 Å². The van der Waals surface area contributed by atoms with E-state index in [1.165, 1.54) is 32.5 Å². The van der Waals surface area contributed by atoms with E-state index in [2.05, 4.69) is 30.7 Å². The van der Waals surface area contributed by atoms with Crippen LogP contribution in [0, 0.1) is 0 Å². The fourth-order valence-corrected chi connectivity index (χ4v) is 2.60. The van der Waals surface area contributed by atoms with Crippen molar-refractivity contribution in [3.8, 4) is 0 Å². The van der Waals surface area contributed by atoms with Crippen molar-refractivity contribution < 1.29 is 0 Å². The molecule has 2 N–H and O–H groups in total. The Bertz CT molecular complexity index is 172. The molecule has 1 rings (SSSR count). The molecule has 15 heavy (non-hydrogen) atoms. The van der Waals surface area contributed by atoms with Crippen LogP contribution in [0.2, 0.25) is 0 Å². The van der Waals surface area contributed by atoms with E-state index in [1.807, 2.05) is 0 Å². The third kappa shape index (κ3) is 3.74. The smallest absolute Gasteiger partial charge is 0.0237 e. The van der Waals surface area contributed by atoms with Crippen LogP contribution in [0.25, 0.3) is 0 Å². The quantitative estimate of drug-likeness (QED) is 0.760. The largest absolute Gasteiger partial charge is 0.330 e. The number of nitrogens with zero attached hydrogens (tertiary/aromatic N) is 2. The highest BCUT2D eigenvalue weighted by molar-refractivity contribution is 4.83. The van der Waals surface area contributed by atoms with Crippen molar-refractivity contribution in [3.05, 3.63) is 0 Å². The van der Waals surface area contributed by atoms with Gasteiger partial charge in [-0.1, -0.05) is 6.92 Å². The maximum Gasteiger partial charge on any atom is 0.0237 e. The summed E-state index contributed by atoms with van der Waals surface area (Å²) in [4.78, 5) is 5.11. The molecule has 0 aromatic rings. The third-order valence-corrected chi connectivity index (χ3v) is 3.47. The van der Waals surface area contributed by atoms with Crippen molar-refractivity contribution in [2.24, 2.45) is 5.73 Å². The highest BCUT2D eigenvalue weighted by atomic mass is 15.2. The predicted molar refractivity (Wildman–Crippen MR) is 66.0 cm³/mol. The van der Waals surface area contributed by atoms with E-state index in [0.29, 0.717) is 12.1 Å². The molecule has 1 aliphatic rings. The first-order valence-electron chi connectivity index (χ1n) is 6.33. The van der Waals surface area contributed by atoms with Gasteiger partial charge in [-0.25, -0.2) is 0 Å². The predicted octanol–water partition coefficient (Wildman–Crippen LogP) is 1.14. The highest BCUT2D eigenvalue weighted by Crippen LogP contribution is 2.17. The van der Waals surface area contributed by atoms with Crippen LogP contribution in [-0.4, -0.2) is 55.1 Å². The summed E-state index contributed by atoms with van der Waals surface area (Å²) in [6, 6.07) is 1.38. The van der Waals surface area contributed by atoms with Gasteiger partial charge in [0.25, 0.3) is 0 Å². The lowest BCUT2D eigenvalue weighted by Crippen LogP contribution is -2.45. The molecule has 0 bridgehead atoms. The van der Waals surface area contributed by atoms with Gasteiger partial charge in [-0.15, -0.1) is 0 Å². The number of rotatable bonds is 4. The van der Waals surface area contributed by atoms with Gasteiger partial charge in [-0.05, 0) is 52.9 Å². The van der Waals surface area contributed by atoms with Crippen LogP contribution in [0.4, 0.5) is 0 Å². The van der Waals surface area contributed by atoms with Gasteiger partial charge in [0.2, 0.25) is 0 Å². The molecule has 1 aliphatic heterocycles. The topological polar surface area (TPSA) is 32.5 Å². The second-order valence-corrected chi connectivity index (χ2v) is 4.87. The summed E-state index contributed by atoms with van der Waals surface area (Å²) >= 11 is 0. The van der Waals surface area contributed by atoms with Crippen molar-refractivity contribution in [2.75, 3.05) is 33.2 Å². The fraction of sp³-hybridized carbons (Fsp3) is 1.00. The lowest BCUT2D eigenvalue weighted by atomic mass is 10.1. The molecule has 0 radical (unpaired) electrons. The zero-order chi connectivity index (χ0) is 11.3. The third-order valence-electron chi connectivity index (χ3n) is 3.47. The van der Waals surface area contributed by atoms with Crippen LogP contribution < -0.4 is 5.73 Å². The summed E-state index contributed by atoms with van der Waals surface area (Å²) in [7, 11) is 2.23. The zero-order valence-electron chi connectivity index (χ0n) is 10.6. The highest BCUT2D eigenvalue weighted by Gasteiger charge is 2.26. The van der Waals surface area contributed by atoms with Crippen molar-refractivity contribution >= 4 is 0 Å². The number of nitrogens with two attached hydrogens (primary N) is 1. The second-order valence-electron chi connectivity index (χ2n) is 4.87. The Morgan fingerprint density at radius 1 is 1.40 bits per heavy atom. The van der Waals surface area contributed by atoms with E-state index >= 15 is 0 Å². The molecule has 0 aliphatic carbocycles. The molecule has 0 amide bonds. The first kappa shape index (κ1) is 12.9. The zero-order valence-corrected chi connectivity index (χ0v) is 10.6. The molecule has 0 spiro atoms. The Morgan fingerprint density at radius 2 is 2.13 bits per heavy atom. The Morgan fingerprint density at radius 3 is 2.73 bits per heavy atom. The lowest BCUT2D eigenvalue weighted by molar-refractivity contribution is 0.138. The molecule has 3 heteroatoms. The van der Waals surface area contributed by atoms with Crippen molar-refractivity contribution in [1.82, 2.24) is 9.80 Å². The van der Waals surface area contributed by atoms with Gasteiger partial charge < -0.3 is 10.6 Å². The second kappa shape index (κ2) is 6.46. The average molecular weight is 213 g/mol. The summed E-state index contributed by atoms with van der Waals surface area (Å²) in [5, 5.41) is 0. The van der Waals surface area contributed by atoms with E-state index in [-0.39, 0.29) is 0 Å². The summed E-state index contributed by atoms with van der Waals surface area (Å²) < 4.78 is 0. The van der Waals surface area contributed by atoms with E-state index < -0.39 is 0 Å². The molecule has 3 nitrogen and oxygen atoms in total. The molecule has 0 saturated carbocycles. The standard InChI is InChI=1S/C12H27N3/c1-4-8-15-11(2)6-9-14(3)10-12(15)5-7-13/h11-12H,4-10,13H2,1-3H3. The molecule has 1 saturated heterocycles. The van der Waals surface area contributed by atoms with E-state index in [1.54, 1.807) is 0 Å². The first-order valence-corrected chi connectivity index (χ1v) is 6.33. The lowest BCUT2D eigenvalue weighted by Gasteiger charge is -2.34. The van der Waals surface area contributed by atoms with Crippen LogP contribution >= 0.6 is 0 Å². The minimum absolute atomic E-state index is 0.664. The fourth-order valence-electron chi connectivity index (χ4n) is 2.60. The number of hydrogen-bond donors (Lipinski definition) is 1. The Labute approximate surface area is 94.6 Å². The van der Waals surface area contributed by atoms with E-state index in [9.17, 15) is 0 Å². The van der Waals surface area contributed by atoms with Gasteiger partial charge in [0.05, 0.1) is 0 Å². The molecular weight excluding hydrogens is 186 g/mol. The summed E-state index contributed by atoms with van der Waals surface area (Å²) in [6.45, 7) is 9.06. The van der Waals surface area contributed by atoms with Gasteiger partial charge >= 0.3 is 0 Å². The molecule has 1 fully saturated rings. The molecule has 90 valence electrons. The Kier molecular flexibility index (Phi) is 5.58. The van der Waals surface area contributed by atoms with E-state index in [0.717, 1.165) is 13.0 Å². The summed E-state index contributed by atoms with van der Waals surface area (Å²) in [6.07, 6.45) is 3.67. The normalized spacial score (nSPS) is 30.4. The van der Waals surface area contributed by atoms with Gasteiger partial charge in [0, 0.05) is 18.6 Å². The Hall–Kier alpha value is -0.120. The first-order chi connectivity index (χ1) is 7.19. The molecular formula is C12H27N3. The Balaban J connectivity index is 2.64. The molecule has 1 heterocycles. The monoisotopic (exact) mass is 213 g/mol. The minimum Gasteiger partial charge on any atom is -0.330 e.